The number of halogens is 1. The lowest BCUT2D eigenvalue weighted by Gasteiger charge is -2.31. The van der Waals surface area contributed by atoms with Gasteiger partial charge in [-0.2, -0.15) is 4.31 Å². The maximum absolute atomic E-state index is 13.0. The minimum atomic E-state index is -3.44. The highest BCUT2D eigenvalue weighted by Gasteiger charge is 2.30. The van der Waals surface area contributed by atoms with Crippen molar-refractivity contribution >= 4 is 28.3 Å². The molecule has 0 radical (unpaired) electrons. The molecule has 0 bridgehead atoms. The maximum Gasteiger partial charge on any atom is 0.243 e. The van der Waals surface area contributed by atoms with Gasteiger partial charge < -0.3 is 10.2 Å². The first kappa shape index (κ1) is 22.1. The van der Waals surface area contributed by atoms with Crippen molar-refractivity contribution in [2.24, 2.45) is 5.92 Å². The highest BCUT2D eigenvalue weighted by Crippen LogP contribution is 2.26. The quantitative estimate of drug-likeness (QED) is 0.812. The number of hydrogen-bond acceptors (Lipinski definition) is 4. The molecule has 8 heteroatoms. The minimum Gasteiger partial charge on any atom is -0.342 e. The number of carbonyl (C=O) groups is 1. The Morgan fingerprint density at radius 2 is 1.74 bits per heavy atom. The molecular weight excluding hydrogens is 386 g/mol. The Bertz CT molecular complexity index is 761. The fourth-order valence-electron chi connectivity index (χ4n) is 3.97. The molecule has 6 nitrogen and oxygen atoms in total. The van der Waals surface area contributed by atoms with Crippen molar-refractivity contribution in [2.45, 2.75) is 37.5 Å². The zero-order valence-electron chi connectivity index (χ0n) is 16.1. The molecule has 3 rings (SSSR count). The van der Waals surface area contributed by atoms with Crippen LogP contribution < -0.4 is 5.32 Å². The van der Waals surface area contributed by atoms with Crippen LogP contribution in [0.4, 0.5) is 0 Å². The molecule has 2 aliphatic rings. The molecule has 1 N–H and O–H groups in total. The molecule has 0 aromatic heterocycles. The lowest BCUT2D eigenvalue weighted by Crippen LogP contribution is -2.40. The number of benzene rings is 1. The van der Waals surface area contributed by atoms with E-state index in [1.807, 2.05) is 24.1 Å². The molecule has 0 atom stereocenters. The van der Waals surface area contributed by atoms with Crippen molar-refractivity contribution in [3.05, 3.63) is 29.3 Å². The summed E-state index contributed by atoms with van der Waals surface area (Å²) in [4.78, 5) is 13.8. The number of sulfonamides is 1. The molecule has 0 aliphatic carbocycles. The van der Waals surface area contributed by atoms with Gasteiger partial charge in [-0.25, -0.2) is 8.42 Å². The van der Waals surface area contributed by atoms with Crippen LogP contribution in [0.1, 0.15) is 30.9 Å². The minimum absolute atomic E-state index is 0. The Morgan fingerprint density at radius 1 is 1.11 bits per heavy atom. The molecule has 1 aromatic rings. The third-order valence-corrected chi connectivity index (χ3v) is 7.52. The third-order valence-electron chi connectivity index (χ3n) is 5.63. The largest absolute Gasteiger partial charge is 0.342 e. The van der Waals surface area contributed by atoms with Crippen LogP contribution in [0.25, 0.3) is 0 Å². The molecule has 1 amide bonds. The van der Waals surface area contributed by atoms with Gasteiger partial charge in [0, 0.05) is 33.1 Å². The molecule has 1 fully saturated rings. The molecule has 1 saturated heterocycles. The highest BCUT2D eigenvalue weighted by molar-refractivity contribution is 7.89. The Balaban J connectivity index is 0.00000261. The summed E-state index contributed by atoms with van der Waals surface area (Å²) in [6, 6.07) is 5.49. The van der Waals surface area contributed by atoms with E-state index in [1.54, 1.807) is 17.3 Å². The molecule has 1 aromatic carbocycles. The van der Waals surface area contributed by atoms with Crippen LogP contribution in [0.2, 0.25) is 0 Å². The Hall–Kier alpha value is -1.15. The summed E-state index contributed by atoms with van der Waals surface area (Å²) < 4.78 is 27.7. The van der Waals surface area contributed by atoms with Gasteiger partial charge in [-0.05, 0) is 68.5 Å². The molecule has 2 heterocycles. The van der Waals surface area contributed by atoms with Gasteiger partial charge in [0.2, 0.25) is 15.9 Å². The van der Waals surface area contributed by atoms with Crippen molar-refractivity contribution in [3.8, 4) is 0 Å². The average molecular weight is 416 g/mol. The SMILES string of the molecule is CNCC1CCN(S(=O)(=O)c2ccc3c(c2)CCN(C(C)=O)CC3)CC1.Cl. The molecular formula is C19H30ClN3O3S. The van der Waals surface area contributed by atoms with Gasteiger partial charge in [-0.15, -0.1) is 12.4 Å². The molecule has 2 aliphatic heterocycles. The lowest BCUT2D eigenvalue weighted by molar-refractivity contribution is -0.128. The maximum atomic E-state index is 13.0. The van der Waals surface area contributed by atoms with E-state index in [1.165, 1.54) is 0 Å². The summed E-state index contributed by atoms with van der Waals surface area (Å²) >= 11 is 0. The number of hydrogen-bond donors (Lipinski definition) is 1. The lowest BCUT2D eigenvalue weighted by atomic mass is 9.98. The number of amides is 1. The molecule has 152 valence electrons. The Kier molecular flexibility index (Phi) is 7.68. The fourth-order valence-corrected chi connectivity index (χ4v) is 5.49. The summed E-state index contributed by atoms with van der Waals surface area (Å²) in [5.74, 6) is 0.631. The van der Waals surface area contributed by atoms with Crippen LogP contribution in [0.5, 0.6) is 0 Å². The normalized spacial score (nSPS) is 19.1. The number of carbonyl (C=O) groups excluding carboxylic acids is 1. The summed E-state index contributed by atoms with van der Waals surface area (Å²) in [6.45, 7) is 5.06. The van der Waals surface area contributed by atoms with E-state index in [0.717, 1.165) is 36.9 Å². The van der Waals surface area contributed by atoms with E-state index in [-0.39, 0.29) is 18.3 Å². The van der Waals surface area contributed by atoms with Crippen LogP contribution in [-0.4, -0.2) is 63.3 Å². The fraction of sp³-hybridized carbons (Fsp3) is 0.632. The topological polar surface area (TPSA) is 69.7 Å². The van der Waals surface area contributed by atoms with Gasteiger partial charge in [0.05, 0.1) is 4.90 Å². The first-order valence-electron chi connectivity index (χ1n) is 9.44. The predicted octanol–water partition coefficient (Wildman–Crippen LogP) is 1.68. The predicted molar refractivity (Wildman–Crippen MR) is 109 cm³/mol. The average Bonchev–Trinajstić information content (AvgIpc) is 2.84. The molecule has 0 saturated carbocycles. The van der Waals surface area contributed by atoms with Gasteiger partial charge in [0.1, 0.15) is 0 Å². The first-order chi connectivity index (χ1) is 12.4. The van der Waals surface area contributed by atoms with Crippen molar-refractivity contribution in [1.82, 2.24) is 14.5 Å². The number of fused-ring (bicyclic) bond motifs is 1. The summed E-state index contributed by atoms with van der Waals surface area (Å²) in [5.41, 5.74) is 2.21. The summed E-state index contributed by atoms with van der Waals surface area (Å²) in [7, 11) is -1.51. The van der Waals surface area contributed by atoms with Crippen LogP contribution in [0.3, 0.4) is 0 Å². The second kappa shape index (κ2) is 9.37. The number of rotatable bonds is 4. The zero-order chi connectivity index (χ0) is 18.7. The van der Waals surface area contributed by atoms with Crippen LogP contribution in [0, 0.1) is 5.92 Å². The zero-order valence-corrected chi connectivity index (χ0v) is 17.7. The van der Waals surface area contributed by atoms with Gasteiger partial charge in [-0.3, -0.25) is 4.79 Å². The third kappa shape index (κ3) is 5.02. The van der Waals surface area contributed by atoms with Crippen molar-refractivity contribution in [3.63, 3.8) is 0 Å². The Labute approximate surface area is 168 Å². The second-order valence-corrected chi connectivity index (χ2v) is 9.28. The van der Waals surface area contributed by atoms with E-state index in [9.17, 15) is 13.2 Å². The van der Waals surface area contributed by atoms with Crippen molar-refractivity contribution < 1.29 is 13.2 Å². The van der Waals surface area contributed by atoms with Crippen LogP contribution >= 0.6 is 12.4 Å². The molecule has 0 unspecified atom stereocenters. The molecule has 27 heavy (non-hydrogen) atoms. The Morgan fingerprint density at radius 3 is 2.33 bits per heavy atom. The van der Waals surface area contributed by atoms with E-state index in [0.29, 0.717) is 43.4 Å². The van der Waals surface area contributed by atoms with E-state index >= 15 is 0 Å². The monoisotopic (exact) mass is 415 g/mol. The number of nitrogens with one attached hydrogen (secondary N) is 1. The van der Waals surface area contributed by atoms with Crippen LogP contribution in [0.15, 0.2) is 23.1 Å². The first-order valence-corrected chi connectivity index (χ1v) is 10.9. The van der Waals surface area contributed by atoms with E-state index < -0.39 is 10.0 Å². The van der Waals surface area contributed by atoms with Crippen LogP contribution in [-0.2, 0) is 27.7 Å². The van der Waals surface area contributed by atoms with Gasteiger partial charge in [-0.1, -0.05) is 6.07 Å². The van der Waals surface area contributed by atoms with Crippen molar-refractivity contribution in [2.75, 3.05) is 39.8 Å². The summed E-state index contributed by atoms with van der Waals surface area (Å²) in [5, 5.41) is 3.18. The molecule has 0 spiro atoms. The van der Waals surface area contributed by atoms with Gasteiger partial charge >= 0.3 is 0 Å². The number of piperidine rings is 1. The summed E-state index contributed by atoms with van der Waals surface area (Å²) in [6.07, 6.45) is 3.30. The van der Waals surface area contributed by atoms with E-state index in [4.69, 9.17) is 0 Å². The van der Waals surface area contributed by atoms with Gasteiger partial charge in [0.25, 0.3) is 0 Å². The van der Waals surface area contributed by atoms with Gasteiger partial charge in [0.15, 0.2) is 0 Å². The van der Waals surface area contributed by atoms with Crippen molar-refractivity contribution in [1.29, 1.82) is 0 Å². The smallest absolute Gasteiger partial charge is 0.243 e. The van der Waals surface area contributed by atoms with E-state index in [2.05, 4.69) is 5.32 Å². The second-order valence-electron chi connectivity index (χ2n) is 7.34. The standard InChI is InChI=1S/C19H29N3O3S.ClH/c1-15(23)21-9-7-17-3-4-19(13-18(17)8-10-21)26(24,25)22-11-5-16(6-12-22)14-20-2;/h3-4,13,16,20H,5-12,14H2,1-2H3;1H. The number of nitrogens with zero attached hydrogens (tertiary/aromatic N) is 2. The highest BCUT2D eigenvalue weighted by atomic mass is 35.5.